The van der Waals surface area contributed by atoms with E-state index in [0.29, 0.717) is 5.69 Å². The summed E-state index contributed by atoms with van der Waals surface area (Å²) in [5.74, 6) is 0.431. The average molecular weight is 469 g/mol. The van der Waals surface area contributed by atoms with Crippen LogP contribution in [0.2, 0.25) is 0 Å². The molecule has 1 fully saturated rings. The molecule has 1 amide bonds. The monoisotopic (exact) mass is 468 g/mol. The Hall–Kier alpha value is -3.24. The summed E-state index contributed by atoms with van der Waals surface area (Å²) in [5, 5.41) is 10.1. The van der Waals surface area contributed by atoms with Crippen molar-refractivity contribution in [3.63, 3.8) is 0 Å². The van der Waals surface area contributed by atoms with Gasteiger partial charge in [-0.2, -0.15) is 5.10 Å². The van der Waals surface area contributed by atoms with Crippen LogP contribution < -0.4 is 20.9 Å². The van der Waals surface area contributed by atoms with Gasteiger partial charge in [0, 0.05) is 18.1 Å². The van der Waals surface area contributed by atoms with Crippen molar-refractivity contribution in [2.24, 2.45) is 5.10 Å². The molecule has 8 nitrogen and oxygen atoms in total. The van der Waals surface area contributed by atoms with Gasteiger partial charge >= 0.3 is 0 Å². The van der Waals surface area contributed by atoms with Gasteiger partial charge < -0.3 is 20.0 Å². The van der Waals surface area contributed by atoms with Crippen molar-refractivity contribution in [2.45, 2.75) is 31.6 Å². The summed E-state index contributed by atoms with van der Waals surface area (Å²) >= 11 is 1.35. The molecule has 3 aliphatic rings. The molecule has 2 aromatic carbocycles. The normalized spacial score (nSPS) is 23.0. The molecule has 3 aliphatic heterocycles. The Kier molecular flexibility index (Phi) is 5.86. The van der Waals surface area contributed by atoms with Gasteiger partial charge in [-0.3, -0.25) is 10.2 Å². The molecule has 0 aliphatic carbocycles. The molecular weight excluding hydrogens is 443 g/mol. The minimum Gasteiger partial charge on any atom is -0.497 e. The van der Waals surface area contributed by atoms with Gasteiger partial charge in [0.25, 0.3) is 0 Å². The van der Waals surface area contributed by atoms with Crippen molar-refractivity contribution in [3.8, 4) is 5.75 Å². The van der Waals surface area contributed by atoms with Crippen LogP contribution in [0.4, 0.5) is 10.1 Å². The zero-order valence-corrected chi connectivity index (χ0v) is 19.1. The van der Waals surface area contributed by atoms with Gasteiger partial charge in [0.2, 0.25) is 5.91 Å². The van der Waals surface area contributed by atoms with Gasteiger partial charge in [-0.25, -0.2) is 9.82 Å². The van der Waals surface area contributed by atoms with Gasteiger partial charge in [-0.15, -0.1) is 0 Å². The lowest BCUT2D eigenvalue weighted by Crippen LogP contribution is -2.54. The number of aryl methyl sites for hydroxylation is 1. The van der Waals surface area contributed by atoms with E-state index in [1.807, 2.05) is 31.5 Å². The summed E-state index contributed by atoms with van der Waals surface area (Å²) in [6.45, 7) is 1.83. The number of carbonyl (C=O) groups excluding carboxylic acids is 1. The molecule has 0 radical (unpaired) electrons. The number of hydrazone groups is 1. The number of nitrogens with one attached hydrogen (secondary N) is 3. The number of amides is 1. The van der Waals surface area contributed by atoms with E-state index >= 15 is 0 Å². The number of anilines is 1. The number of methoxy groups -OCH3 is 1. The fourth-order valence-electron chi connectivity index (χ4n) is 4.25. The number of thioether (sulfide) groups is 1. The summed E-state index contributed by atoms with van der Waals surface area (Å²) in [5.41, 5.74) is 9.26. The summed E-state index contributed by atoms with van der Waals surface area (Å²) in [6.07, 6.45) is 4.84. The van der Waals surface area contributed by atoms with Crippen LogP contribution in [0.5, 0.6) is 5.75 Å². The van der Waals surface area contributed by atoms with E-state index in [1.54, 1.807) is 13.2 Å². The molecule has 3 heterocycles. The number of benzene rings is 2. The third kappa shape index (κ3) is 4.36. The van der Waals surface area contributed by atoms with Crippen molar-refractivity contribution in [2.75, 3.05) is 18.2 Å². The first-order valence-electron chi connectivity index (χ1n) is 10.7. The molecule has 10 heteroatoms. The highest BCUT2D eigenvalue weighted by molar-refractivity contribution is 8.14. The minimum absolute atomic E-state index is 0.0261. The highest BCUT2D eigenvalue weighted by Crippen LogP contribution is 2.35. The molecule has 3 atom stereocenters. The standard InChI is InChI=1S/C23H25FN6O2S/c1-14-3-6-16(24)11-18(14)25-21(31)13-33-23-27-26-22-20-12-19(28-30(20)10-9-29(22)23)15-4-7-17(32-2)8-5-15/h3-11,19-20,22,26,28H,12-13H2,1-2H3,(H,25,31). The van der Waals surface area contributed by atoms with Crippen molar-refractivity contribution in [1.82, 2.24) is 20.8 Å². The molecule has 0 aromatic heterocycles. The summed E-state index contributed by atoms with van der Waals surface area (Å²) in [6, 6.07) is 12.8. The maximum Gasteiger partial charge on any atom is 0.234 e. The number of hydrogen-bond donors (Lipinski definition) is 3. The van der Waals surface area contributed by atoms with Crippen LogP contribution in [0.1, 0.15) is 23.6 Å². The second-order valence-electron chi connectivity index (χ2n) is 8.13. The number of fused-ring (bicyclic) bond motifs is 3. The maximum absolute atomic E-state index is 13.5. The molecule has 5 rings (SSSR count). The van der Waals surface area contributed by atoms with E-state index in [4.69, 9.17) is 4.74 Å². The molecule has 172 valence electrons. The van der Waals surface area contributed by atoms with Gasteiger partial charge in [-0.05, 0) is 48.7 Å². The third-order valence-corrected chi connectivity index (χ3v) is 7.00. The van der Waals surface area contributed by atoms with E-state index in [-0.39, 0.29) is 35.7 Å². The van der Waals surface area contributed by atoms with E-state index < -0.39 is 0 Å². The first kappa shape index (κ1) is 21.6. The molecule has 0 saturated carbocycles. The molecule has 3 unspecified atom stereocenters. The predicted molar refractivity (Wildman–Crippen MR) is 127 cm³/mol. The Balaban J connectivity index is 1.18. The lowest BCUT2D eigenvalue weighted by molar-refractivity contribution is -0.113. The van der Waals surface area contributed by atoms with Crippen LogP contribution in [0.25, 0.3) is 0 Å². The van der Waals surface area contributed by atoms with E-state index in [1.165, 1.54) is 29.5 Å². The number of hydrogen-bond acceptors (Lipinski definition) is 8. The van der Waals surface area contributed by atoms with Crippen LogP contribution in [-0.2, 0) is 4.79 Å². The first-order chi connectivity index (χ1) is 16.0. The SMILES string of the molecule is COc1ccc(C2CC3C4NN=C(SCC(=O)Nc5cc(F)ccc5C)N4C=CN3N2)cc1. The zero-order valence-electron chi connectivity index (χ0n) is 18.3. The smallest absolute Gasteiger partial charge is 0.234 e. The van der Waals surface area contributed by atoms with E-state index in [9.17, 15) is 9.18 Å². The second kappa shape index (κ2) is 8.95. The van der Waals surface area contributed by atoms with Gasteiger partial charge in [0.05, 0.1) is 24.9 Å². The second-order valence-corrected chi connectivity index (χ2v) is 9.08. The van der Waals surface area contributed by atoms with Crippen molar-refractivity contribution in [1.29, 1.82) is 0 Å². The summed E-state index contributed by atoms with van der Waals surface area (Å²) < 4.78 is 18.7. The van der Waals surface area contributed by atoms with E-state index in [2.05, 4.69) is 43.3 Å². The Morgan fingerprint density at radius 3 is 2.88 bits per heavy atom. The first-order valence-corrected chi connectivity index (χ1v) is 11.7. The minimum atomic E-state index is -0.378. The van der Waals surface area contributed by atoms with Gasteiger partial charge in [0.15, 0.2) is 5.17 Å². The fourth-order valence-corrected chi connectivity index (χ4v) is 5.02. The number of nitrogens with zero attached hydrogens (tertiary/aromatic N) is 3. The van der Waals surface area contributed by atoms with Crippen LogP contribution in [0, 0.1) is 12.7 Å². The molecule has 0 spiro atoms. The topological polar surface area (TPSA) is 81.2 Å². The molecule has 33 heavy (non-hydrogen) atoms. The Bertz CT molecular complexity index is 1110. The van der Waals surface area contributed by atoms with Gasteiger partial charge in [-0.1, -0.05) is 30.0 Å². The third-order valence-electron chi connectivity index (χ3n) is 6.03. The average Bonchev–Trinajstić information content (AvgIpc) is 3.44. The largest absolute Gasteiger partial charge is 0.497 e. The Morgan fingerprint density at radius 1 is 1.27 bits per heavy atom. The van der Waals surface area contributed by atoms with Gasteiger partial charge in [0.1, 0.15) is 17.7 Å². The van der Waals surface area contributed by atoms with Crippen LogP contribution in [0.3, 0.4) is 0 Å². The Morgan fingerprint density at radius 2 is 2.09 bits per heavy atom. The lowest BCUT2D eigenvalue weighted by atomic mass is 10.00. The Labute approximate surface area is 195 Å². The van der Waals surface area contributed by atoms with Crippen molar-refractivity contribution in [3.05, 3.63) is 71.8 Å². The summed E-state index contributed by atoms with van der Waals surface area (Å²) in [7, 11) is 1.66. The summed E-state index contributed by atoms with van der Waals surface area (Å²) in [4.78, 5) is 14.5. The lowest BCUT2D eigenvalue weighted by Gasteiger charge is -2.36. The highest BCUT2D eigenvalue weighted by Gasteiger charge is 2.44. The molecular formula is C23H25FN6O2S. The fraction of sp³-hybridized carbons (Fsp3) is 0.304. The van der Waals surface area contributed by atoms with Crippen LogP contribution in [0.15, 0.2) is 60.0 Å². The number of rotatable bonds is 5. The predicted octanol–water partition coefficient (Wildman–Crippen LogP) is 3.12. The molecule has 0 bridgehead atoms. The highest BCUT2D eigenvalue weighted by atomic mass is 32.2. The molecule has 2 aromatic rings. The maximum atomic E-state index is 13.5. The quantitative estimate of drug-likeness (QED) is 0.622. The number of carbonyl (C=O) groups is 1. The number of amidine groups is 1. The number of hydrazine groups is 1. The van der Waals surface area contributed by atoms with Crippen molar-refractivity contribution < 1.29 is 13.9 Å². The molecule has 3 N–H and O–H groups in total. The molecule has 1 saturated heterocycles. The van der Waals surface area contributed by atoms with Crippen LogP contribution >= 0.6 is 11.8 Å². The zero-order chi connectivity index (χ0) is 22.9. The van der Waals surface area contributed by atoms with E-state index in [0.717, 1.165) is 22.9 Å². The number of ether oxygens (including phenoxy) is 1. The van der Waals surface area contributed by atoms with Crippen LogP contribution in [-0.4, -0.2) is 46.1 Å². The van der Waals surface area contributed by atoms with Crippen molar-refractivity contribution >= 4 is 28.5 Å². The number of halogens is 1.